The zero-order valence-corrected chi connectivity index (χ0v) is 15.2. The summed E-state index contributed by atoms with van der Waals surface area (Å²) in [6.07, 6.45) is 10.1. The summed E-state index contributed by atoms with van der Waals surface area (Å²) in [6.45, 7) is 0.795. The Labute approximate surface area is 154 Å². The summed E-state index contributed by atoms with van der Waals surface area (Å²) in [7, 11) is 0. The minimum atomic E-state index is -0.650. The van der Waals surface area contributed by atoms with Crippen LogP contribution in [-0.2, 0) is 4.74 Å². The van der Waals surface area contributed by atoms with Crippen LogP contribution in [0, 0.1) is 29.0 Å². The zero-order chi connectivity index (χ0) is 18.4. The first-order chi connectivity index (χ1) is 12.6. The van der Waals surface area contributed by atoms with Crippen molar-refractivity contribution in [2.24, 2.45) is 11.8 Å². The Balaban J connectivity index is 1.36. The predicted molar refractivity (Wildman–Crippen MR) is 97.6 cm³/mol. The van der Waals surface area contributed by atoms with E-state index in [0.717, 1.165) is 58.0 Å². The van der Waals surface area contributed by atoms with Crippen LogP contribution in [0.15, 0.2) is 36.2 Å². The number of hydrogen-bond acceptors (Lipinski definition) is 2. The summed E-state index contributed by atoms with van der Waals surface area (Å²) in [6, 6.07) is 8.47. The molecule has 2 nitrogen and oxygen atoms in total. The molecule has 0 radical (unpaired) electrons. The number of halogens is 2. The summed E-state index contributed by atoms with van der Waals surface area (Å²) >= 11 is 0. The van der Waals surface area contributed by atoms with E-state index >= 15 is 0 Å². The fourth-order valence-electron chi connectivity index (χ4n) is 4.34. The van der Waals surface area contributed by atoms with Crippen molar-refractivity contribution >= 4 is 0 Å². The number of benzene rings is 1. The lowest BCUT2D eigenvalue weighted by Gasteiger charge is -2.32. The van der Waals surface area contributed by atoms with Gasteiger partial charge >= 0.3 is 0 Å². The van der Waals surface area contributed by atoms with E-state index in [2.05, 4.69) is 0 Å². The lowest BCUT2D eigenvalue weighted by Crippen LogP contribution is -2.25. The van der Waals surface area contributed by atoms with Crippen LogP contribution < -0.4 is 0 Å². The average Bonchev–Trinajstić information content (AvgIpc) is 2.68. The second-order valence-corrected chi connectivity index (χ2v) is 7.77. The van der Waals surface area contributed by atoms with Gasteiger partial charge in [-0.05, 0) is 92.9 Å². The third-order valence-corrected chi connectivity index (χ3v) is 5.96. The first-order valence-corrected chi connectivity index (χ1v) is 9.78. The molecular formula is C22H27F2NO. The molecule has 2 fully saturated rings. The highest BCUT2D eigenvalue weighted by atomic mass is 19.1. The number of nitriles is 1. The molecule has 0 spiro atoms. The normalized spacial score (nSPS) is 30.0. The summed E-state index contributed by atoms with van der Waals surface area (Å²) < 4.78 is 32.2. The summed E-state index contributed by atoms with van der Waals surface area (Å²) in [5, 5.41) is 8.52. The van der Waals surface area contributed by atoms with Crippen LogP contribution in [0.1, 0.15) is 62.8 Å². The molecule has 1 aromatic carbocycles. The third kappa shape index (κ3) is 5.38. The second-order valence-electron chi connectivity index (χ2n) is 7.77. The average molecular weight is 359 g/mol. The van der Waals surface area contributed by atoms with Gasteiger partial charge in [0.1, 0.15) is 11.9 Å². The van der Waals surface area contributed by atoms with Gasteiger partial charge in [0.05, 0.1) is 6.10 Å². The molecule has 0 aliphatic heterocycles. The maximum atomic E-state index is 13.0. The SMILES string of the molecule is N#CC(F)=CC1CCC(COC2CCC(c3ccc(F)cc3)CC2)CC1. The smallest absolute Gasteiger partial charge is 0.196 e. The summed E-state index contributed by atoms with van der Waals surface area (Å²) in [5.74, 6) is 0.457. The summed E-state index contributed by atoms with van der Waals surface area (Å²) in [4.78, 5) is 0. The molecule has 0 bridgehead atoms. The number of hydrogen-bond donors (Lipinski definition) is 0. The molecule has 2 aliphatic rings. The van der Waals surface area contributed by atoms with Crippen molar-refractivity contribution in [1.29, 1.82) is 5.26 Å². The highest BCUT2D eigenvalue weighted by Gasteiger charge is 2.25. The van der Waals surface area contributed by atoms with E-state index in [1.165, 1.54) is 11.6 Å². The van der Waals surface area contributed by atoms with Gasteiger partial charge < -0.3 is 4.74 Å². The van der Waals surface area contributed by atoms with E-state index in [0.29, 0.717) is 17.9 Å². The number of allylic oxidation sites excluding steroid dienone is 2. The monoisotopic (exact) mass is 359 g/mol. The van der Waals surface area contributed by atoms with Crippen LogP contribution in [0.3, 0.4) is 0 Å². The minimum absolute atomic E-state index is 0.175. The highest BCUT2D eigenvalue weighted by molar-refractivity contribution is 5.21. The Morgan fingerprint density at radius 2 is 1.69 bits per heavy atom. The van der Waals surface area contributed by atoms with Gasteiger partial charge in [0, 0.05) is 6.61 Å². The lowest BCUT2D eigenvalue weighted by atomic mass is 9.81. The topological polar surface area (TPSA) is 33.0 Å². The first-order valence-electron chi connectivity index (χ1n) is 9.78. The number of nitrogens with zero attached hydrogens (tertiary/aromatic N) is 1. The maximum absolute atomic E-state index is 13.0. The van der Waals surface area contributed by atoms with Crippen molar-refractivity contribution in [2.45, 2.75) is 63.4 Å². The molecular weight excluding hydrogens is 332 g/mol. The first kappa shape index (κ1) is 19.0. The molecule has 2 aliphatic carbocycles. The molecule has 0 N–H and O–H groups in total. The number of rotatable bonds is 5. The van der Waals surface area contributed by atoms with Crippen molar-refractivity contribution in [3.05, 3.63) is 47.5 Å². The van der Waals surface area contributed by atoms with Crippen LogP contribution in [0.4, 0.5) is 8.78 Å². The van der Waals surface area contributed by atoms with Crippen LogP contribution in [0.5, 0.6) is 0 Å². The second kappa shape index (κ2) is 9.28. The molecule has 0 heterocycles. The van der Waals surface area contributed by atoms with Crippen LogP contribution >= 0.6 is 0 Å². The predicted octanol–water partition coefficient (Wildman–Crippen LogP) is 6.05. The van der Waals surface area contributed by atoms with E-state index in [4.69, 9.17) is 10.00 Å². The van der Waals surface area contributed by atoms with Crippen molar-refractivity contribution in [3.8, 4) is 6.07 Å². The van der Waals surface area contributed by atoms with Crippen molar-refractivity contribution in [2.75, 3.05) is 6.61 Å². The molecule has 0 unspecified atom stereocenters. The maximum Gasteiger partial charge on any atom is 0.196 e. The molecule has 140 valence electrons. The standard InChI is InChI=1S/C22H27F2NO/c23-20-9-5-18(6-10-20)19-7-11-22(12-8-19)26-15-17-3-1-16(2-4-17)13-21(24)14-25/h5-6,9-10,13,16-17,19,22H,1-4,7-8,11-12,15H2. The van der Waals surface area contributed by atoms with Gasteiger partial charge in [0.25, 0.3) is 0 Å². The van der Waals surface area contributed by atoms with Crippen LogP contribution in [-0.4, -0.2) is 12.7 Å². The molecule has 26 heavy (non-hydrogen) atoms. The fourth-order valence-corrected chi connectivity index (χ4v) is 4.34. The largest absolute Gasteiger partial charge is 0.378 e. The molecule has 0 aromatic heterocycles. The van der Waals surface area contributed by atoms with E-state index < -0.39 is 5.83 Å². The molecule has 1 aromatic rings. The molecule has 2 saturated carbocycles. The Bertz CT molecular complexity index is 633. The molecule has 0 saturated heterocycles. The van der Waals surface area contributed by atoms with Gasteiger partial charge in [-0.1, -0.05) is 12.1 Å². The van der Waals surface area contributed by atoms with E-state index in [1.54, 1.807) is 18.2 Å². The van der Waals surface area contributed by atoms with E-state index in [1.807, 2.05) is 12.1 Å². The van der Waals surface area contributed by atoms with Crippen molar-refractivity contribution in [3.63, 3.8) is 0 Å². The van der Waals surface area contributed by atoms with Gasteiger partial charge in [-0.15, -0.1) is 0 Å². The van der Waals surface area contributed by atoms with Crippen molar-refractivity contribution < 1.29 is 13.5 Å². The number of ether oxygens (including phenoxy) is 1. The van der Waals surface area contributed by atoms with Gasteiger partial charge in [-0.3, -0.25) is 0 Å². The molecule has 3 rings (SSSR count). The van der Waals surface area contributed by atoms with Crippen LogP contribution in [0.2, 0.25) is 0 Å². The highest BCUT2D eigenvalue weighted by Crippen LogP contribution is 2.35. The quantitative estimate of drug-likeness (QED) is 0.599. The third-order valence-electron chi connectivity index (χ3n) is 5.96. The van der Waals surface area contributed by atoms with E-state index in [-0.39, 0.29) is 11.7 Å². The molecule has 0 atom stereocenters. The van der Waals surface area contributed by atoms with E-state index in [9.17, 15) is 8.78 Å². The Morgan fingerprint density at radius 3 is 2.31 bits per heavy atom. The fraction of sp³-hybridized carbons (Fsp3) is 0.591. The molecule has 0 amide bonds. The van der Waals surface area contributed by atoms with Gasteiger partial charge in [-0.2, -0.15) is 9.65 Å². The van der Waals surface area contributed by atoms with Crippen LogP contribution in [0.25, 0.3) is 0 Å². The minimum Gasteiger partial charge on any atom is -0.378 e. The zero-order valence-electron chi connectivity index (χ0n) is 15.2. The van der Waals surface area contributed by atoms with Gasteiger partial charge in [0.2, 0.25) is 0 Å². The Morgan fingerprint density at radius 1 is 1.04 bits per heavy atom. The molecule has 4 heteroatoms. The van der Waals surface area contributed by atoms with Gasteiger partial charge in [0.15, 0.2) is 5.83 Å². The Kier molecular flexibility index (Phi) is 6.80. The summed E-state index contributed by atoms with van der Waals surface area (Å²) in [5.41, 5.74) is 1.24. The van der Waals surface area contributed by atoms with Gasteiger partial charge in [-0.25, -0.2) is 4.39 Å². The lowest BCUT2D eigenvalue weighted by molar-refractivity contribution is -0.00340. The Hall–Kier alpha value is -1.73. The van der Waals surface area contributed by atoms with Crippen molar-refractivity contribution in [1.82, 2.24) is 0 Å².